The second kappa shape index (κ2) is 4.67. The summed E-state index contributed by atoms with van der Waals surface area (Å²) in [6, 6.07) is 8.31. The minimum atomic E-state index is -0.835. The van der Waals surface area contributed by atoms with Crippen LogP contribution in [0.25, 0.3) is 0 Å². The lowest BCUT2D eigenvalue weighted by atomic mass is 10.1. The van der Waals surface area contributed by atoms with Gasteiger partial charge in [-0.05, 0) is 0 Å². The monoisotopic (exact) mass is 196 g/mol. The Kier molecular flexibility index (Phi) is 3.52. The molecule has 0 aromatic heterocycles. The molecular formula is C9H8O3S. The van der Waals surface area contributed by atoms with Gasteiger partial charge in [0.2, 0.25) is 0 Å². The van der Waals surface area contributed by atoms with Crippen LogP contribution in [-0.4, -0.2) is 18.0 Å². The molecule has 0 saturated heterocycles. The Labute approximate surface area is 80.3 Å². The van der Waals surface area contributed by atoms with Crippen molar-refractivity contribution >= 4 is 23.8 Å². The Morgan fingerprint density at radius 2 is 1.85 bits per heavy atom. The molecule has 1 aromatic rings. The Morgan fingerprint density at radius 3 is 2.38 bits per heavy atom. The van der Waals surface area contributed by atoms with E-state index in [1.54, 1.807) is 36.6 Å². The molecule has 0 aliphatic carbocycles. The number of benzene rings is 1. The number of carbonyl (C=O) groups is 2. The number of Topliss-reactive ketones (excluding diaryl/α,β-unsaturated/α-hetero) is 1. The highest BCUT2D eigenvalue weighted by Crippen LogP contribution is 2.04. The average molecular weight is 196 g/mol. The Balaban J connectivity index is 2.74. The quantitative estimate of drug-likeness (QED) is 0.419. The highest BCUT2D eigenvalue weighted by molar-refractivity contribution is 7.94. The summed E-state index contributed by atoms with van der Waals surface area (Å²) in [7, 11) is 0. The van der Waals surface area contributed by atoms with E-state index in [2.05, 4.69) is 4.18 Å². The van der Waals surface area contributed by atoms with E-state index in [1.807, 2.05) is 0 Å². The lowest BCUT2D eigenvalue weighted by Gasteiger charge is -1.97. The molecule has 0 atom stereocenters. The van der Waals surface area contributed by atoms with Crippen molar-refractivity contribution in [2.45, 2.75) is 0 Å². The lowest BCUT2D eigenvalue weighted by Crippen LogP contribution is -2.14. The molecule has 0 unspecified atom stereocenters. The van der Waals surface area contributed by atoms with E-state index in [0.717, 1.165) is 12.0 Å². The summed E-state index contributed by atoms with van der Waals surface area (Å²) in [5, 5.41) is 0. The minimum absolute atomic E-state index is 0.349. The maximum absolute atomic E-state index is 11.2. The molecular weight excluding hydrogens is 188 g/mol. The maximum atomic E-state index is 11.2. The van der Waals surface area contributed by atoms with E-state index in [1.165, 1.54) is 0 Å². The zero-order chi connectivity index (χ0) is 9.68. The zero-order valence-electron chi connectivity index (χ0n) is 7.02. The first-order valence-corrected chi connectivity index (χ1v) is 4.75. The van der Waals surface area contributed by atoms with E-state index in [0.29, 0.717) is 5.56 Å². The van der Waals surface area contributed by atoms with E-state index in [-0.39, 0.29) is 0 Å². The lowest BCUT2D eigenvalue weighted by molar-refractivity contribution is -0.128. The molecule has 0 heterocycles. The summed E-state index contributed by atoms with van der Waals surface area (Å²) >= 11 is 0.862. The fourth-order valence-corrected chi connectivity index (χ4v) is 1.05. The van der Waals surface area contributed by atoms with Gasteiger partial charge in [0.25, 0.3) is 5.78 Å². The highest BCUT2D eigenvalue weighted by atomic mass is 32.2. The third-order valence-electron chi connectivity index (χ3n) is 1.38. The molecule has 0 fully saturated rings. The van der Waals surface area contributed by atoms with Gasteiger partial charge in [0.1, 0.15) is 0 Å². The van der Waals surface area contributed by atoms with Crippen LogP contribution in [-0.2, 0) is 8.98 Å². The van der Waals surface area contributed by atoms with Crippen molar-refractivity contribution in [2.75, 3.05) is 6.26 Å². The van der Waals surface area contributed by atoms with Gasteiger partial charge in [0.15, 0.2) is 0 Å². The van der Waals surface area contributed by atoms with Crippen LogP contribution in [0.5, 0.6) is 0 Å². The van der Waals surface area contributed by atoms with Crippen molar-refractivity contribution < 1.29 is 13.8 Å². The molecule has 13 heavy (non-hydrogen) atoms. The maximum Gasteiger partial charge on any atom is 0.391 e. The molecule has 0 amide bonds. The van der Waals surface area contributed by atoms with Crippen LogP contribution >= 0.6 is 12.0 Å². The first-order chi connectivity index (χ1) is 6.25. The second-order valence-corrected chi connectivity index (χ2v) is 2.73. The molecule has 0 N–H and O–H groups in total. The van der Waals surface area contributed by atoms with Gasteiger partial charge in [-0.15, -0.1) is 0 Å². The van der Waals surface area contributed by atoms with Gasteiger partial charge < -0.3 is 4.18 Å². The van der Waals surface area contributed by atoms with Gasteiger partial charge in [0.05, 0.1) is 12.0 Å². The summed E-state index contributed by atoms with van der Waals surface area (Å²) in [4.78, 5) is 22.2. The molecule has 1 aromatic carbocycles. The largest absolute Gasteiger partial charge is 0.391 e. The van der Waals surface area contributed by atoms with Crippen LogP contribution in [0.1, 0.15) is 10.4 Å². The zero-order valence-corrected chi connectivity index (χ0v) is 7.84. The van der Waals surface area contributed by atoms with Crippen LogP contribution in [0.4, 0.5) is 0 Å². The predicted octanol–water partition coefficient (Wildman–Crippen LogP) is 1.69. The molecule has 0 aliphatic rings. The summed E-state index contributed by atoms with van der Waals surface area (Å²) in [5.74, 6) is -1.45. The standard InChI is InChI=1S/C9H8O3S/c1-13-12-9(11)8(10)7-5-3-2-4-6-7/h2-6H,1H3. The molecule has 0 saturated carbocycles. The van der Waals surface area contributed by atoms with Crippen molar-refractivity contribution in [3.63, 3.8) is 0 Å². The SMILES string of the molecule is CSOC(=O)C(=O)c1ccccc1. The first-order valence-electron chi connectivity index (χ1n) is 3.60. The van der Waals surface area contributed by atoms with Crippen LogP contribution in [0.3, 0.4) is 0 Å². The number of rotatable bonds is 3. The molecule has 0 spiro atoms. The Bertz CT molecular complexity index is 308. The van der Waals surface area contributed by atoms with Gasteiger partial charge >= 0.3 is 5.97 Å². The summed E-state index contributed by atoms with van der Waals surface area (Å²) < 4.78 is 4.49. The Morgan fingerprint density at radius 1 is 1.23 bits per heavy atom. The molecule has 0 bridgehead atoms. The summed E-state index contributed by atoms with van der Waals surface area (Å²) in [5.41, 5.74) is 0.349. The normalized spacial score (nSPS) is 9.31. The molecule has 4 heteroatoms. The third-order valence-corrected chi connectivity index (χ3v) is 1.70. The summed E-state index contributed by atoms with van der Waals surface area (Å²) in [6.07, 6.45) is 1.58. The van der Waals surface area contributed by atoms with Gasteiger partial charge in [-0.25, -0.2) is 4.79 Å². The topological polar surface area (TPSA) is 43.4 Å². The van der Waals surface area contributed by atoms with Gasteiger partial charge in [-0.3, -0.25) is 4.79 Å². The van der Waals surface area contributed by atoms with E-state index < -0.39 is 11.8 Å². The van der Waals surface area contributed by atoms with Crippen LogP contribution < -0.4 is 0 Å². The van der Waals surface area contributed by atoms with E-state index in [4.69, 9.17) is 0 Å². The predicted molar refractivity (Wildman–Crippen MR) is 50.4 cm³/mol. The van der Waals surface area contributed by atoms with Crippen LogP contribution in [0.15, 0.2) is 30.3 Å². The minimum Gasteiger partial charge on any atom is -0.386 e. The fraction of sp³-hybridized carbons (Fsp3) is 0.111. The molecule has 1 rings (SSSR count). The van der Waals surface area contributed by atoms with Crippen molar-refractivity contribution in [1.82, 2.24) is 0 Å². The summed E-state index contributed by atoms with van der Waals surface area (Å²) in [6.45, 7) is 0. The van der Waals surface area contributed by atoms with Gasteiger partial charge in [0, 0.05) is 11.8 Å². The Hall–Kier alpha value is -1.29. The highest BCUT2D eigenvalue weighted by Gasteiger charge is 2.16. The molecule has 3 nitrogen and oxygen atoms in total. The van der Waals surface area contributed by atoms with Crippen molar-refractivity contribution in [3.05, 3.63) is 35.9 Å². The van der Waals surface area contributed by atoms with Crippen molar-refractivity contribution in [3.8, 4) is 0 Å². The number of carbonyl (C=O) groups excluding carboxylic acids is 2. The van der Waals surface area contributed by atoms with E-state index in [9.17, 15) is 9.59 Å². The molecule has 0 aliphatic heterocycles. The van der Waals surface area contributed by atoms with Crippen LogP contribution in [0, 0.1) is 0 Å². The van der Waals surface area contributed by atoms with Crippen molar-refractivity contribution in [1.29, 1.82) is 0 Å². The van der Waals surface area contributed by atoms with Gasteiger partial charge in [-0.2, -0.15) is 0 Å². The van der Waals surface area contributed by atoms with Crippen molar-refractivity contribution in [2.24, 2.45) is 0 Å². The fourth-order valence-electron chi connectivity index (χ4n) is 0.821. The smallest absolute Gasteiger partial charge is 0.386 e. The average Bonchev–Trinajstić information content (AvgIpc) is 2.18. The molecule has 0 radical (unpaired) electrons. The first kappa shape index (κ1) is 9.80. The number of ketones is 1. The van der Waals surface area contributed by atoms with Crippen LogP contribution in [0.2, 0.25) is 0 Å². The number of hydrogen-bond donors (Lipinski definition) is 0. The second-order valence-electron chi connectivity index (χ2n) is 2.23. The van der Waals surface area contributed by atoms with E-state index >= 15 is 0 Å². The molecule has 68 valence electrons. The van der Waals surface area contributed by atoms with Gasteiger partial charge in [-0.1, -0.05) is 30.3 Å². The third kappa shape index (κ3) is 2.59. The number of hydrogen-bond acceptors (Lipinski definition) is 4.